The van der Waals surface area contributed by atoms with Crippen molar-refractivity contribution in [3.8, 4) is 0 Å². The van der Waals surface area contributed by atoms with Crippen LogP contribution in [0.3, 0.4) is 0 Å². The molecule has 2 rings (SSSR count). The van der Waals surface area contributed by atoms with Crippen molar-refractivity contribution in [2.45, 2.75) is 38.1 Å². The topological polar surface area (TPSA) is 38.8 Å². The average Bonchev–Trinajstić information content (AvgIpc) is 2.88. The van der Waals surface area contributed by atoms with Gasteiger partial charge in [-0.25, -0.2) is 0 Å². The molecule has 2 heterocycles. The Hall–Kier alpha value is -0.910. The molecule has 1 saturated heterocycles. The number of carbonyl (C=O) groups is 1. The molecule has 5 heteroatoms. The molecule has 0 N–H and O–H groups in total. The normalized spacial score (nSPS) is 19.5. The molecule has 1 fully saturated rings. The number of hydrogen-bond donors (Lipinski definition) is 0. The number of ether oxygens (including phenoxy) is 2. The molecule has 21 heavy (non-hydrogen) atoms. The van der Waals surface area contributed by atoms with Crippen LogP contribution in [0.15, 0.2) is 17.5 Å². The third-order valence-corrected chi connectivity index (χ3v) is 4.77. The van der Waals surface area contributed by atoms with Crippen LogP contribution in [0.1, 0.15) is 30.6 Å². The van der Waals surface area contributed by atoms with Crippen molar-refractivity contribution >= 4 is 17.2 Å². The Morgan fingerprint density at radius 2 is 2.29 bits per heavy atom. The van der Waals surface area contributed by atoms with E-state index in [1.807, 2.05) is 4.90 Å². The van der Waals surface area contributed by atoms with Crippen molar-refractivity contribution < 1.29 is 14.3 Å². The summed E-state index contributed by atoms with van der Waals surface area (Å²) in [5, 5.41) is 2.10. The first kappa shape index (κ1) is 16.5. The maximum atomic E-state index is 12.4. The van der Waals surface area contributed by atoms with E-state index in [9.17, 15) is 4.79 Å². The van der Waals surface area contributed by atoms with E-state index in [1.54, 1.807) is 18.4 Å². The fourth-order valence-electron chi connectivity index (χ4n) is 2.76. The molecule has 1 atom stereocenters. The maximum absolute atomic E-state index is 12.4. The number of thiophene rings is 1. The zero-order chi connectivity index (χ0) is 14.9. The first-order valence-electron chi connectivity index (χ1n) is 7.70. The smallest absolute Gasteiger partial charge is 0.248 e. The molecule has 1 aromatic rings. The minimum Gasteiger partial charge on any atom is -0.382 e. The minimum atomic E-state index is 0.120. The van der Waals surface area contributed by atoms with E-state index in [0.717, 1.165) is 25.8 Å². The molecule has 1 unspecified atom stereocenters. The predicted octanol–water partition coefficient (Wildman–Crippen LogP) is 2.72. The molecular formula is C16H25NO3S. The molecule has 0 radical (unpaired) electrons. The Bertz CT molecular complexity index is 408. The molecule has 0 aromatic carbocycles. The lowest BCUT2D eigenvalue weighted by atomic mass is 10.1. The first-order chi connectivity index (χ1) is 10.3. The molecular weight excluding hydrogens is 286 g/mol. The third kappa shape index (κ3) is 5.41. The van der Waals surface area contributed by atoms with Gasteiger partial charge in [0.05, 0.1) is 13.2 Å². The number of methoxy groups -OCH3 is 1. The Morgan fingerprint density at radius 1 is 1.38 bits per heavy atom. The van der Waals surface area contributed by atoms with Crippen LogP contribution in [0.25, 0.3) is 0 Å². The zero-order valence-corrected chi connectivity index (χ0v) is 13.6. The van der Waals surface area contributed by atoms with E-state index < -0.39 is 0 Å². The number of hydrogen-bond acceptors (Lipinski definition) is 4. The Labute approximate surface area is 131 Å². The molecule has 0 saturated carbocycles. The van der Waals surface area contributed by atoms with Crippen LogP contribution in [0.2, 0.25) is 0 Å². The lowest BCUT2D eigenvalue weighted by Crippen LogP contribution is -2.43. The van der Waals surface area contributed by atoms with Gasteiger partial charge >= 0.3 is 0 Å². The third-order valence-electron chi connectivity index (χ3n) is 3.87. The second-order valence-corrected chi connectivity index (χ2v) is 6.45. The van der Waals surface area contributed by atoms with Crippen LogP contribution in [0, 0.1) is 0 Å². The fourth-order valence-corrected chi connectivity index (χ4v) is 3.54. The van der Waals surface area contributed by atoms with Gasteiger partial charge in [-0.15, -0.1) is 11.3 Å². The van der Waals surface area contributed by atoms with Crippen molar-refractivity contribution in [1.29, 1.82) is 0 Å². The predicted molar refractivity (Wildman–Crippen MR) is 84.7 cm³/mol. The van der Waals surface area contributed by atoms with Crippen LogP contribution in [0.5, 0.6) is 0 Å². The van der Waals surface area contributed by atoms with E-state index in [1.165, 1.54) is 17.7 Å². The van der Waals surface area contributed by atoms with Gasteiger partial charge in [-0.2, -0.15) is 0 Å². The van der Waals surface area contributed by atoms with E-state index in [0.29, 0.717) is 19.3 Å². The fraction of sp³-hybridized carbons (Fsp3) is 0.688. The van der Waals surface area contributed by atoms with E-state index in [2.05, 4.69) is 17.5 Å². The largest absolute Gasteiger partial charge is 0.382 e. The van der Waals surface area contributed by atoms with Gasteiger partial charge in [0, 0.05) is 31.0 Å². The molecule has 0 spiro atoms. The summed E-state index contributed by atoms with van der Waals surface area (Å²) < 4.78 is 10.3. The summed E-state index contributed by atoms with van der Waals surface area (Å²) in [6.07, 6.45) is 5.60. The molecule has 4 nitrogen and oxygen atoms in total. The van der Waals surface area contributed by atoms with Crippen molar-refractivity contribution in [2.75, 3.05) is 33.5 Å². The highest BCUT2D eigenvalue weighted by molar-refractivity contribution is 7.09. The highest BCUT2D eigenvalue weighted by Crippen LogP contribution is 2.22. The number of amides is 1. The van der Waals surface area contributed by atoms with E-state index in [-0.39, 0.29) is 12.5 Å². The van der Waals surface area contributed by atoms with Crippen molar-refractivity contribution in [1.82, 2.24) is 4.90 Å². The summed E-state index contributed by atoms with van der Waals surface area (Å²) in [5.41, 5.74) is 0. The number of nitrogens with zero attached hydrogens (tertiary/aromatic N) is 1. The molecule has 1 aromatic heterocycles. The van der Waals surface area contributed by atoms with Crippen LogP contribution in [-0.2, 0) is 20.7 Å². The highest BCUT2D eigenvalue weighted by atomic mass is 32.1. The molecule has 0 aliphatic carbocycles. The van der Waals surface area contributed by atoms with Gasteiger partial charge in [0.15, 0.2) is 0 Å². The van der Waals surface area contributed by atoms with Crippen LogP contribution in [0.4, 0.5) is 0 Å². The first-order valence-corrected chi connectivity index (χ1v) is 8.57. The molecule has 0 bridgehead atoms. The monoisotopic (exact) mass is 311 g/mol. The highest BCUT2D eigenvalue weighted by Gasteiger charge is 2.25. The van der Waals surface area contributed by atoms with Gasteiger partial charge in [-0.05, 0) is 24.3 Å². The van der Waals surface area contributed by atoms with Gasteiger partial charge in [0.1, 0.15) is 6.61 Å². The quantitative estimate of drug-likeness (QED) is 0.727. The molecule has 1 amide bonds. The average molecular weight is 311 g/mol. The van der Waals surface area contributed by atoms with Crippen molar-refractivity contribution in [2.24, 2.45) is 0 Å². The Kier molecular flexibility index (Phi) is 7.19. The standard InChI is InChI=1S/C16H25NO3S/c1-19-9-10-20-13-16(18)17-8-4-2-3-6-14(17)12-15-7-5-11-21-15/h5,7,11,14H,2-4,6,8-10,12-13H2,1H3. The number of carbonyl (C=O) groups excluding carboxylic acids is 1. The number of rotatable bonds is 7. The summed E-state index contributed by atoms with van der Waals surface area (Å²) >= 11 is 1.78. The summed E-state index contributed by atoms with van der Waals surface area (Å²) in [6.45, 7) is 2.05. The molecule has 1 aliphatic heterocycles. The summed E-state index contributed by atoms with van der Waals surface area (Å²) in [6, 6.07) is 4.56. The summed E-state index contributed by atoms with van der Waals surface area (Å²) in [5.74, 6) is 0.120. The lowest BCUT2D eigenvalue weighted by Gasteiger charge is -2.30. The second-order valence-electron chi connectivity index (χ2n) is 5.42. The molecule has 1 aliphatic rings. The SMILES string of the molecule is COCCOCC(=O)N1CCCCCC1Cc1cccs1. The van der Waals surface area contributed by atoms with Crippen molar-refractivity contribution in [3.05, 3.63) is 22.4 Å². The van der Waals surface area contributed by atoms with Gasteiger partial charge in [0.25, 0.3) is 0 Å². The number of likely N-dealkylation sites (tertiary alicyclic amines) is 1. The second kappa shape index (κ2) is 9.18. The van der Waals surface area contributed by atoms with Gasteiger partial charge < -0.3 is 14.4 Å². The van der Waals surface area contributed by atoms with Gasteiger partial charge in [0.2, 0.25) is 5.91 Å². The van der Waals surface area contributed by atoms with Gasteiger partial charge in [-0.1, -0.05) is 18.9 Å². The minimum absolute atomic E-state index is 0.120. The zero-order valence-electron chi connectivity index (χ0n) is 12.8. The summed E-state index contributed by atoms with van der Waals surface area (Å²) in [7, 11) is 1.64. The Morgan fingerprint density at radius 3 is 3.05 bits per heavy atom. The molecule has 118 valence electrons. The maximum Gasteiger partial charge on any atom is 0.248 e. The Balaban J connectivity index is 1.90. The van der Waals surface area contributed by atoms with Crippen molar-refractivity contribution in [3.63, 3.8) is 0 Å². The van der Waals surface area contributed by atoms with Gasteiger partial charge in [-0.3, -0.25) is 4.79 Å². The van der Waals surface area contributed by atoms with E-state index in [4.69, 9.17) is 9.47 Å². The lowest BCUT2D eigenvalue weighted by molar-refractivity contribution is -0.138. The van der Waals surface area contributed by atoms with E-state index >= 15 is 0 Å². The van der Waals surface area contributed by atoms with Crippen LogP contribution in [-0.4, -0.2) is 50.3 Å². The summed E-state index contributed by atoms with van der Waals surface area (Å²) in [4.78, 5) is 15.8. The van der Waals surface area contributed by atoms with Crippen LogP contribution >= 0.6 is 11.3 Å². The van der Waals surface area contributed by atoms with Crippen LogP contribution < -0.4 is 0 Å².